The Labute approximate surface area is 174 Å². The van der Waals surface area contributed by atoms with E-state index in [9.17, 15) is 23.1 Å². The molecule has 10 heteroatoms. The maximum Gasteiger partial charge on any atom is 0.261 e. The number of nitrogens with two attached hydrogens (primary N) is 1. The molecule has 0 radical (unpaired) electrons. The third-order valence-electron chi connectivity index (χ3n) is 4.14. The smallest absolute Gasteiger partial charge is 0.261 e. The van der Waals surface area contributed by atoms with Gasteiger partial charge in [-0.3, -0.25) is 19.0 Å². The lowest BCUT2D eigenvalue weighted by atomic mass is 10.1. The van der Waals surface area contributed by atoms with E-state index in [1.807, 2.05) is 0 Å². The van der Waals surface area contributed by atoms with Crippen LogP contribution in [0.25, 0.3) is 0 Å². The van der Waals surface area contributed by atoms with Gasteiger partial charge >= 0.3 is 0 Å². The number of hydrogen-bond acceptors (Lipinski definition) is 7. The molecule has 2 aromatic carbocycles. The van der Waals surface area contributed by atoms with Crippen molar-refractivity contribution in [2.24, 2.45) is 0 Å². The van der Waals surface area contributed by atoms with Crippen LogP contribution in [0.5, 0.6) is 11.5 Å². The first kappa shape index (κ1) is 23.2. The molecule has 30 heavy (non-hydrogen) atoms. The van der Waals surface area contributed by atoms with Crippen LogP contribution < -0.4 is 10.5 Å². The van der Waals surface area contributed by atoms with Crippen LogP contribution in [0.4, 0.5) is 5.69 Å². The van der Waals surface area contributed by atoms with Crippen molar-refractivity contribution in [2.75, 3.05) is 25.1 Å². The minimum atomic E-state index is -3.67. The molecule has 1 aliphatic heterocycles. The predicted molar refractivity (Wildman–Crippen MR) is 111 cm³/mol. The van der Waals surface area contributed by atoms with Gasteiger partial charge in [0.15, 0.2) is 11.5 Å². The normalized spacial score (nSPS) is 12.9. The highest BCUT2D eigenvalue weighted by molar-refractivity contribution is 7.85. The lowest BCUT2D eigenvalue weighted by molar-refractivity contribution is 0.0651. The van der Waals surface area contributed by atoms with E-state index < -0.39 is 10.1 Å². The van der Waals surface area contributed by atoms with Crippen LogP contribution >= 0.6 is 0 Å². The van der Waals surface area contributed by atoms with Gasteiger partial charge in [-0.1, -0.05) is 12.1 Å². The Balaban J connectivity index is 0.000000575. The summed E-state index contributed by atoms with van der Waals surface area (Å²) in [6, 6.07) is 11.6. The van der Waals surface area contributed by atoms with Crippen LogP contribution in [0, 0.1) is 0 Å². The van der Waals surface area contributed by atoms with Crippen molar-refractivity contribution in [1.29, 1.82) is 0 Å². The molecule has 2 aromatic rings. The van der Waals surface area contributed by atoms with Crippen molar-refractivity contribution < 1.29 is 32.4 Å². The van der Waals surface area contributed by atoms with Gasteiger partial charge in [0.2, 0.25) is 0 Å². The van der Waals surface area contributed by atoms with Gasteiger partial charge in [-0.15, -0.1) is 0 Å². The molecule has 0 saturated heterocycles. The summed E-state index contributed by atoms with van der Waals surface area (Å²) < 4.78 is 31.4. The Morgan fingerprint density at radius 3 is 2.10 bits per heavy atom. The fraction of sp³-hybridized carbons (Fsp3) is 0.300. The highest BCUT2D eigenvalue weighted by atomic mass is 32.2. The van der Waals surface area contributed by atoms with E-state index in [1.165, 1.54) is 11.0 Å². The molecule has 1 heterocycles. The number of carbonyl (C=O) groups is 2. The molecule has 0 saturated carbocycles. The first-order chi connectivity index (χ1) is 14.1. The van der Waals surface area contributed by atoms with Crippen LogP contribution in [0.3, 0.4) is 0 Å². The Morgan fingerprint density at radius 2 is 1.57 bits per heavy atom. The van der Waals surface area contributed by atoms with Gasteiger partial charge in [0.1, 0.15) is 0 Å². The number of nitrogen functional groups attached to an aromatic ring is 1. The summed E-state index contributed by atoms with van der Waals surface area (Å²) in [6.45, 7) is 0.846. The number of rotatable bonds is 7. The zero-order valence-corrected chi connectivity index (χ0v) is 17.3. The largest absolute Gasteiger partial charge is 0.504 e. The van der Waals surface area contributed by atoms with Crippen LogP contribution in [-0.2, 0) is 10.1 Å². The van der Waals surface area contributed by atoms with Crippen molar-refractivity contribution in [3.8, 4) is 11.5 Å². The molecule has 0 fully saturated rings. The average molecular weight is 436 g/mol. The third kappa shape index (κ3) is 6.75. The Bertz CT molecular complexity index is 979. The SMILES string of the molecule is CS(=O)(=O)O.Nc1ccc(OCCCCCN2C(=O)c3ccccc3C2=O)c(O)c1. The van der Waals surface area contributed by atoms with E-state index in [2.05, 4.69) is 0 Å². The molecule has 0 bridgehead atoms. The lowest BCUT2D eigenvalue weighted by Gasteiger charge is -2.13. The van der Waals surface area contributed by atoms with E-state index in [1.54, 1.807) is 36.4 Å². The molecular weight excluding hydrogens is 412 g/mol. The first-order valence-corrected chi connectivity index (χ1v) is 11.0. The number of anilines is 1. The number of phenolic OH excluding ortho intramolecular Hbond substituents is 1. The molecule has 9 nitrogen and oxygen atoms in total. The minimum absolute atomic E-state index is 0.0195. The summed E-state index contributed by atoms with van der Waals surface area (Å²) in [7, 11) is -3.67. The standard InChI is InChI=1S/C19H20N2O4.CH4O3S/c20-13-8-9-17(16(22)12-13)25-11-5-1-4-10-21-18(23)14-6-2-3-7-15(14)19(21)24;1-5(2,3)4/h2-3,6-9,12,22H,1,4-5,10-11,20H2;1H3,(H,2,3,4). The van der Waals surface area contributed by atoms with E-state index in [4.69, 9.17) is 15.0 Å². The molecule has 0 atom stereocenters. The van der Waals surface area contributed by atoms with Crippen molar-refractivity contribution in [1.82, 2.24) is 4.90 Å². The van der Waals surface area contributed by atoms with Crippen LogP contribution in [0.15, 0.2) is 42.5 Å². The molecule has 0 aromatic heterocycles. The quantitative estimate of drug-likeness (QED) is 0.259. The zero-order valence-electron chi connectivity index (χ0n) is 16.4. The average Bonchev–Trinajstić information content (AvgIpc) is 2.89. The van der Waals surface area contributed by atoms with Crippen molar-refractivity contribution in [3.63, 3.8) is 0 Å². The molecule has 1 aliphatic rings. The summed E-state index contributed by atoms with van der Waals surface area (Å²) >= 11 is 0. The number of hydrogen-bond donors (Lipinski definition) is 3. The maximum absolute atomic E-state index is 12.2. The monoisotopic (exact) mass is 436 g/mol. The van der Waals surface area contributed by atoms with Crippen LogP contribution in [0.1, 0.15) is 40.0 Å². The number of ether oxygens (including phenoxy) is 1. The van der Waals surface area contributed by atoms with Crippen LogP contribution in [0.2, 0.25) is 0 Å². The number of imide groups is 1. The summed E-state index contributed by atoms with van der Waals surface area (Å²) in [5.41, 5.74) is 7.00. The number of unbranched alkanes of at least 4 members (excludes halogenated alkanes) is 2. The predicted octanol–water partition coefficient (Wildman–Crippen LogP) is 2.32. The van der Waals surface area contributed by atoms with Crippen molar-refractivity contribution in [2.45, 2.75) is 19.3 Å². The van der Waals surface area contributed by atoms with Gasteiger partial charge in [-0.25, -0.2) is 0 Å². The highest BCUT2D eigenvalue weighted by Gasteiger charge is 2.34. The summed E-state index contributed by atoms with van der Waals surface area (Å²) in [6.07, 6.45) is 2.99. The maximum atomic E-state index is 12.2. The van der Waals surface area contributed by atoms with Gasteiger partial charge < -0.3 is 15.6 Å². The van der Waals surface area contributed by atoms with Crippen molar-refractivity contribution >= 4 is 27.6 Å². The molecule has 2 amide bonds. The molecular formula is C20H24N2O7S. The number of benzene rings is 2. The second kappa shape index (κ2) is 10.1. The van der Waals surface area contributed by atoms with Gasteiger partial charge in [0.25, 0.3) is 21.9 Å². The zero-order chi connectivity index (χ0) is 22.3. The Morgan fingerprint density at radius 1 is 1.00 bits per heavy atom. The lowest BCUT2D eigenvalue weighted by Crippen LogP contribution is -2.30. The van der Waals surface area contributed by atoms with Gasteiger partial charge in [0, 0.05) is 18.3 Å². The van der Waals surface area contributed by atoms with E-state index in [-0.39, 0.29) is 17.6 Å². The second-order valence-corrected chi connectivity index (χ2v) is 8.14. The Hall–Kier alpha value is -3.11. The fourth-order valence-corrected chi connectivity index (χ4v) is 2.83. The topological polar surface area (TPSA) is 147 Å². The van der Waals surface area contributed by atoms with Crippen LogP contribution in [-0.4, -0.2) is 54.2 Å². The highest BCUT2D eigenvalue weighted by Crippen LogP contribution is 2.28. The Kier molecular flexibility index (Phi) is 7.79. The molecule has 3 rings (SSSR count). The summed E-state index contributed by atoms with van der Waals surface area (Å²) in [5, 5.41) is 9.70. The van der Waals surface area contributed by atoms with E-state index >= 15 is 0 Å². The van der Waals surface area contributed by atoms with E-state index in [0.29, 0.717) is 48.4 Å². The van der Waals surface area contributed by atoms with Gasteiger partial charge in [0.05, 0.1) is 24.0 Å². The first-order valence-electron chi connectivity index (χ1n) is 9.17. The molecule has 0 aliphatic carbocycles. The molecule has 4 N–H and O–H groups in total. The third-order valence-corrected chi connectivity index (χ3v) is 4.14. The number of phenols is 1. The number of nitrogens with zero attached hydrogens (tertiary/aromatic N) is 1. The van der Waals surface area contributed by atoms with E-state index in [0.717, 1.165) is 12.8 Å². The molecule has 162 valence electrons. The van der Waals surface area contributed by atoms with Crippen molar-refractivity contribution in [3.05, 3.63) is 53.6 Å². The van der Waals surface area contributed by atoms with Gasteiger partial charge in [-0.05, 0) is 43.5 Å². The second-order valence-electron chi connectivity index (χ2n) is 6.68. The minimum Gasteiger partial charge on any atom is -0.504 e. The summed E-state index contributed by atoms with van der Waals surface area (Å²) in [4.78, 5) is 25.7. The number of amides is 2. The number of aromatic hydroxyl groups is 1. The number of fused-ring (bicyclic) bond motifs is 1. The fourth-order valence-electron chi connectivity index (χ4n) is 2.83. The summed E-state index contributed by atoms with van der Waals surface area (Å²) in [5.74, 6) is -0.0205. The van der Waals surface area contributed by atoms with Gasteiger partial charge in [-0.2, -0.15) is 8.42 Å². The number of carbonyl (C=O) groups excluding carboxylic acids is 2. The molecule has 0 unspecified atom stereocenters. The molecule has 0 spiro atoms.